The summed E-state index contributed by atoms with van der Waals surface area (Å²) in [5.74, 6) is 0. The minimum Gasteiger partial charge on any atom is -0.313 e. The Morgan fingerprint density at radius 1 is 1.14 bits per heavy atom. The maximum absolute atomic E-state index is 3.54. The van der Waals surface area contributed by atoms with E-state index in [0.717, 1.165) is 12.6 Å². The van der Waals surface area contributed by atoms with Crippen molar-refractivity contribution in [3.05, 3.63) is 35.9 Å². The molecule has 2 heteroatoms. The monoisotopic (exact) mass is 288 g/mol. The fraction of sp³-hybridized carbons (Fsp3) is 0.684. The number of rotatable bonds is 6. The van der Waals surface area contributed by atoms with Crippen LogP contribution >= 0.6 is 0 Å². The van der Waals surface area contributed by atoms with Gasteiger partial charge in [-0.3, -0.25) is 0 Å². The Hall–Kier alpha value is -0.860. The fourth-order valence-electron chi connectivity index (χ4n) is 4.04. The molecule has 1 N–H and O–H groups in total. The molecule has 2 nitrogen and oxygen atoms in total. The molecule has 0 heterocycles. The predicted molar refractivity (Wildman–Crippen MR) is 91.5 cm³/mol. The Morgan fingerprint density at radius 3 is 2.33 bits per heavy atom. The van der Waals surface area contributed by atoms with Crippen LogP contribution in [-0.2, 0) is 0 Å². The molecule has 0 radical (unpaired) electrons. The summed E-state index contributed by atoms with van der Waals surface area (Å²) in [5.41, 5.74) is 1.60. The zero-order valence-corrected chi connectivity index (χ0v) is 14.2. The first kappa shape index (κ1) is 16.5. The summed E-state index contributed by atoms with van der Waals surface area (Å²) in [6, 6.07) is 12.0. The van der Waals surface area contributed by atoms with E-state index in [1.807, 2.05) is 0 Å². The van der Waals surface area contributed by atoms with E-state index in [2.05, 4.69) is 68.5 Å². The lowest BCUT2D eigenvalue weighted by Gasteiger charge is -2.41. The van der Waals surface area contributed by atoms with E-state index in [9.17, 15) is 0 Å². The number of nitrogens with zero attached hydrogens (tertiary/aromatic N) is 1. The zero-order valence-electron chi connectivity index (χ0n) is 14.2. The summed E-state index contributed by atoms with van der Waals surface area (Å²) in [4.78, 5) is 2.60. The maximum atomic E-state index is 3.54. The van der Waals surface area contributed by atoms with E-state index in [0.29, 0.717) is 6.04 Å². The van der Waals surface area contributed by atoms with Crippen LogP contribution in [-0.4, -0.2) is 31.6 Å². The van der Waals surface area contributed by atoms with Gasteiger partial charge in [-0.15, -0.1) is 0 Å². The van der Waals surface area contributed by atoms with Crippen LogP contribution in [0.1, 0.15) is 57.6 Å². The minimum absolute atomic E-state index is 0.211. The molecule has 1 saturated carbocycles. The molecule has 1 fully saturated rings. The van der Waals surface area contributed by atoms with Crippen LogP contribution in [0.15, 0.2) is 30.3 Å². The molecule has 1 aromatic carbocycles. The Labute approximate surface area is 130 Å². The highest BCUT2D eigenvalue weighted by Crippen LogP contribution is 2.35. The molecule has 118 valence electrons. The predicted octanol–water partition coefficient (Wildman–Crippen LogP) is 4.24. The van der Waals surface area contributed by atoms with E-state index in [4.69, 9.17) is 0 Å². The summed E-state index contributed by atoms with van der Waals surface area (Å²) < 4.78 is 0. The molecule has 1 aliphatic rings. The summed E-state index contributed by atoms with van der Waals surface area (Å²) in [6.07, 6.45) is 6.99. The van der Waals surface area contributed by atoms with Crippen molar-refractivity contribution in [3.63, 3.8) is 0 Å². The number of benzene rings is 1. The van der Waals surface area contributed by atoms with Crippen LogP contribution in [0.4, 0.5) is 0 Å². The van der Waals surface area contributed by atoms with Gasteiger partial charge in [-0.2, -0.15) is 0 Å². The Balaban J connectivity index is 2.04. The average molecular weight is 288 g/mol. The molecule has 1 aromatic rings. The molecule has 0 saturated heterocycles. The van der Waals surface area contributed by atoms with Crippen molar-refractivity contribution in [2.45, 2.75) is 58.0 Å². The Kier molecular flexibility index (Phi) is 5.83. The molecule has 1 unspecified atom stereocenters. The van der Waals surface area contributed by atoms with Crippen LogP contribution in [0, 0.1) is 5.41 Å². The zero-order chi connectivity index (χ0) is 15.3. The lowest BCUT2D eigenvalue weighted by molar-refractivity contribution is 0.107. The van der Waals surface area contributed by atoms with Crippen LogP contribution in [0.3, 0.4) is 0 Å². The van der Waals surface area contributed by atoms with Crippen molar-refractivity contribution in [1.29, 1.82) is 0 Å². The van der Waals surface area contributed by atoms with E-state index in [1.165, 1.54) is 37.7 Å². The van der Waals surface area contributed by atoms with Crippen molar-refractivity contribution in [1.82, 2.24) is 10.2 Å². The lowest BCUT2D eigenvalue weighted by atomic mass is 9.79. The van der Waals surface area contributed by atoms with Crippen molar-refractivity contribution in [2.24, 2.45) is 5.41 Å². The molecule has 0 aromatic heterocycles. The van der Waals surface area contributed by atoms with Crippen molar-refractivity contribution in [2.75, 3.05) is 20.6 Å². The van der Waals surface area contributed by atoms with Crippen molar-refractivity contribution < 1.29 is 0 Å². The quantitative estimate of drug-likeness (QED) is 0.842. The fourth-order valence-corrected chi connectivity index (χ4v) is 4.04. The Bertz CT molecular complexity index is 407. The topological polar surface area (TPSA) is 15.3 Å². The van der Waals surface area contributed by atoms with Crippen molar-refractivity contribution >= 4 is 0 Å². The molecular weight excluding hydrogens is 256 g/mol. The smallest absolute Gasteiger partial charge is 0.0381 e. The van der Waals surface area contributed by atoms with Crippen LogP contribution in [0.2, 0.25) is 0 Å². The molecule has 0 amide bonds. The highest BCUT2D eigenvalue weighted by molar-refractivity contribution is 5.21. The number of hydrogen-bond donors (Lipinski definition) is 1. The number of nitrogens with one attached hydrogen (secondary N) is 1. The third-order valence-electron chi connectivity index (χ3n) is 5.06. The second kappa shape index (κ2) is 7.42. The standard InChI is InChI=1S/C19H32N2/c1-19(2,15-21(4)17-13-9-6-10-14-17)18(20-3)16-11-7-5-8-12-16/h5,7-8,11-12,17-18,20H,6,9-10,13-15H2,1-4H3. The second-order valence-corrected chi connectivity index (χ2v) is 7.33. The van der Waals surface area contributed by atoms with E-state index in [-0.39, 0.29) is 5.41 Å². The summed E-state index contributed by atoms with van der Waals surface area (Å²) in [6.45, 7) is 5.92. The van der Waals surface area contributed by atoms with Gasteiger partial charge in [0.1, 0.15) is 0 Å². The van der Waals surface area contributed by atoms with E-state index in [1.54, 1.807) is 0 Å². The molecule has 2 rings (SSSR count). The third-order valence-corrected chi connectivity index (χ3v) is 5.06. The SMILES string of the molecule is CNC(c1ccccc1)C(C)(C)CN(C)C1CCCCC1. The molecule has 21 heavy (non-hydrogen) atoms. The normalized spacial score (nSPS) is 18.9. The average Bonchev–Trinajstić information content (AvgIpc) is 2.49. The van der Waals surface area contributed by atoms with Gasteiger partial charge >= 0.3 is 0 Å². The first-order valence-corrected chi connectivity index (χ1v) is 8.47. The van der Waals surface area contributed by atoms with Gasteiger partial charge in [-0.05, 0) is 37.9 Å². The van der Waals surface area contributed by atoms with Gasteiger partial charge in [0, 0.05) is 18.6 Å². The first-order chi connectivity index (χ1) is 10.0. The summed E-state index contributed by atoms with van der Waals surface area (Å²) >= 11 is 0. The third kappa shape index (κ3) is 4.31. The van der Waals surface area contributed by atoms with Gasteiger partial charge in [0.05, 0.1) is 0 Å². The maximum Gasteiger partial charge on any atom is 0.0381 e. The summed E-state index contributed by atoms with van der Waals surface area (Å²) in [5, 5.41) is 3.54. The van der Waals surface area contributed by atoms with Crippen LogP contribution < -0.4 is 5.32 Å². The second-order valence-electron chi connectivity index (χ2n) is 7.33. The highest BCUT2D eigenvalue weighted by Gasteiger charge is 2.32. The molecule has 0 aliphatic heterocycles. The van der Waals surface area contributed by atoms with Gasteiger partial charge < -0.3 is 10.2 Å². The minimum atomic E-state index is 0.211. The molecule has 0 spiro atoms. The molecule has 1 atom stereocenters. The van der Waals surface area contributed by atoms with Gasteiger partial charge in [-0.25, -0.2) is 0 Å². The largest absolute Gasteiger partial charge is 0.313 e. The van der Waals surface area contributed by atoms with Crippen LogP contribution in [0.25, 0.3) is 0 Å². The van der Waals surface area contributed by atoms with Crippen LogP contribution in [0.5, 0.6) is 0 Å². The first-order valence-electron chi connectivity index (χ1n) is 8.47. The van der Waals surface area contributed by atoms with Gasteiger partial charge in [-0.1, -0.05) is 63.4 Å². The van der Waals surface area contributed by atoms with Gasteiger partial charge in [0.15, 0.2) is 0 Å². The highest BCUT2D eigenvalue weighted by atomic mass is 15.1. The lowest BCUT2D eigenvalue weighted by Crippen LogP contribution is -2.44. The van der Waals surface area contributed by atoms with E-state index >= 15 is 0 Å². The van der Waals surface area contributed by atoms with E-state index < -0.39 is 0 Å². The van der Waals surface area contributed by atoms with Gasteiger partial charge in [0.25, 0.3) is 0 Å². The van der Waals surface area contributed by atoms with Gasteiger partial charge in [0.2, 0.25) is 0 Å². The molecule has 1 aliphatic carbocycles. The Morgan fingerprint density at radius 2 is 1.76 bits per heavy atom. The summed E-state index contributed by atoms with van der Waals surface area (Å²) in [7, 11) is 4.40. The van der Waals surface area contributed by atoms with Crippen molar-refractivity contribution in [3.8, 4) is 0 Å². The molecule has 0 bridgehead atoms. The molecular formula is C19H32N2. The number of hydrogen-bond acceptors (Lipinski definition) is 2.